The molecule has 0 radical (unpaired) electrons. The van der Waals surface area contributed by atoms with Crippen LogP contribution in [0.15, 0.2) is 36.5 Å². The van der Waals surface area contributed by atoms with Crippen molar-refractivity contribution in [1.29, 1.82) is 0 Å². The first-order valence-electron chi connectivity index (χ1n) is 9.43. The smallest absolute Gasteiger partial charge is 0.226 e. The number of likely N-dealkylation sites (tertiary alicyclic amines) is 1. The van der Waals surface area contributed by atoms with Gasteiger partial charge >= 0.3 is 0 Å². The van der Waals surface area contributed by atoms with Crippen LogP contribution in [0.1, 0.15) is 18.4 Å². The van der Waals surface area contributed by atoms with Crippen molar-refractivity contribution in [2.24, 2.45) is 0 Å². The van der Waals surface area contributed by atoms with E-state index in [1.165, 1.54) is 12.0 Å². The van der Waals surface area contributed by atoms with Crippen LogP contribution < -0.4 is 4.90 Å². The Balaban J connectivity index is 1.52. The zero-order chi connectivity index (χ0) is 17.8. The van der Waals surface area contributed by atoms with Gasteiger partial charge < -0.3 is 14.7 Å². The zero-order valence-corrected chi connectivity index (χ0v) is 15.0. The topological polar surface area (TPSA) is 61.7 Å². The first kappa shape index (κ1) is 17.4. The van der Waals surface area contributed by atoms with Gasteiger partial charge in [0.2, 0.25) is 5.95 Å². The number of anilines is 1. The van der Waals surface area contributed by atoms with Gasteiger partial charge in [0.15, 0.2) is 0 Å². The van der Waals surface area contributed by atoms with Gasteiger partial charge in [-0.3, -0.25) is 4.90 Å². The molecule has 2 aliphatic rings. The van der Waals surface area contributed by atoms with Crippen LogP contribution in [0.4, 0.5) is 5.95 Å². The zero-order valence-electron chi connectivity index (χ0n) is 15.0. The summed E-state index contributed by atoms with van der Waals surface area (Å²) >= 11 is 0. The highest BCUT2D eigenvalue weighted by Crippen LogP contribution is 2.24. The average Bonchev–Trinajstić information content (AvgIpc) is 3.16. The number of hydrogen-bond donors (Lipinski definition) is 1. The van der Waals surface area contributed by atoms with Gasteiger partial charge in [-0.2, -0.15) is 0 Å². The lowest BCUT2D eigenvalue weighted by Gasteiger charge is -2.26. The van der Waals surface area contributed by atoms with Gasteiger partial charge in [-0.15, -0.1) is 0 Å². The normalized spacial score (nSPS) is 21.3. The summed E-state index contributed by atoms with van der Waals surface area (Å²) in [5, 5.41) is 9.53. The van der Waals surface area contributed by atoms with Crippen LogP contribution in [-0.2, 0) is 11.3 Å². The third-order valence-corrected chi connectivity index (χ3v) is 5.26. The van der Waals surface area contributed by atoms with Crippen molar-refractivity contribution in [3.05, 3.63) is 42.1 Å². The fraction of sp³-hybridized carbons (Fsp3) is 0.500. The molecule has 6 nitrogen and oxygen atoms in total. The Labute approximate surface area is 154 Å². The molecule has 2 fully saturated rings. The molecule has 0 bridgehead atoms. The number of nitrogens with zero attached hydrogens (tertiary/aromatic N) is 4. The highest BCUT2D eigenvalue weighted by molar-refractivity contribution is 5.61. The predicted molar refractivity (Wildman–Crippen MR) is 101 cm³/mol. The molecule has 6 heteroatoms. The number of ether oxygens (including phenoxy) is 1. The molecule has 1 atom stereocenters. The monoisotopic (exact) mass is 354 g/mol. The van der Waals surface area contributed by atoms with Crippen LogP contribution in [0.5, 0.6) is 0 Å². The van der Waals surface area contributed by atoms with E-state index < -0.39 is 0 Å². The van der Waals surface area contributed by atoms with E-state index in [2.05, 4.69) is 39.0 Å². The minimum absolute atomic E-state index is 0.245. The summed E-state index contributed by atoms with van der Waals surface area (Å²) in [6.45, 7) is 5.30. The summed E-state index contributed by atoms with van der Waals surface area (Å²) < 4.78 is 5.41. The Morgan fingerprint density at radius 1 is 1.15 bits per heavy atom. The minimum atomic E-state index is 0.245. The predicted octanol–water partition coefficient (Wildman–Crippen LogP) is 1.94. The fourth-order valence-corrected chi connectivity index (χ4v) is 3.80. The third-order valence-electron chi connectivity index (χ3n) is 5.26. The number of aliphatic hydroxyl groups excluding tert-OH is 1. The molecule has 0 aliphatic carbocycles. The second-order valence-electron chi connectivity index (χ2n) is 6.99. The van der Waals surface area contributed by atoms with E-state index in [0.29, 0.717) is 6.04 Å². The summed E-state index contributed by atoms with van der Waals surface area (Å²) in [6.07, 6.45) is 4.09. The van der Waals surface area contributed by atoms with Gasteiger partial charge in [0.1, 0.15) is 0 Å². The summed E-state index contributed by atoms with van der Waals surface area (Å²) in [5.41, 5.74) is 3.32. The molecule has 2 aliphatic heterocycles. The maximum Gasteiger partial charge on any atom is 0.226 e. The largest absolute Gasteiger partial charge is 0.395 e. The van der Waals surface area contributed by atoms with Crippen molar-refractivity contribution in [1.82, 2.24) is 14.9 Å². The van der Waals surface area contributed by atoms with Crippen molar-refractivity contribution in [2.75, 3.05) is 44.4 Å². The van der Waals surface area contributed by atoms with Crippen LogP contribution in [-0.4, -0.2) is 65.5 Å². The molecule has 0 saturated carbocycles. The van der Waals surface area contributed by atoms with Crippen LogP contribution >= 0.6 is 0 Å². The lowest BCUT2D eigenvalue weighted by Crippen LogP contribution is -2.37. The lowest BCUT2D eigenvalue weighted by atomic mass is 10.1. The van der Waals surface area contributed by atoms with Gasteiger partial charge in [0.05, 0.1) is 25.5 Å². The maximum atomic E-state index is 9.53. The van der Waals surface area contributed by atoms with Crippen molar-refractivity contribution in [3.63, 3.8) is 0 Å². The van der Waals surface area contributed by atoms with E-state index in [4.69, 9.17) is 9.72 Å². The first-order valence-corrected chi connectivity index (χ1v) is 9.43. The Morgan fingerprint density at radius 3 is 2.88 bits per heavy atom. The molecule has 4 rings (SSSR count). The molecular formula is C20H26N4O2. The highest BCUT2D eigenvalue weighted by atomic mass is 16.5. The highest BCUT2D eigenvalue weighted by Gasteiger charge is 2.23. The van der Waals surface area contributed by atoms with E-state index in [0.717, 1.165) is 63.0 Å². The SMILES string of the molecule is OC[C@@H]1CCCN1Cc1cccc(-c2ccnc(N3CCOCC3)n2)c1. The van der Waals surface area contributed by atoms with Crippen LogP contribution in [0.3, 0.4) is 0 Å². The van der Waals surface area contributed by atoms with Crippen LogP contribution in [0, 0.1) is 0 Å². The van der Waals surface area contributed by atoms with Crippen molar-refractivity contribution < 1.29 is 9.84 Å². The molecule has 0 spiro atoms. The second-order valence-corrected chi connectivity index (χ2v) is 6.99. The molecule has 0 amide bonds. The van der Waals surface area contributed by atoms with Crippen LogP contribution in [0.25, 0.3) is 11.3 Å². The van der Waals surface area contributed by atoms with Gasteiger partial charge in [-0.05, 0) is 37.1 Å². The van der Waals surface area contributed by atoms with E-state index in [1.807, 2.05) is 12.3 Å². The number of aliphatic hydroxyl groups is 1. The number of rotatable bonds is 5. The quantitative estimate of drug-likeness (QED) is 0.885. The third kappa shape index (κ3) is 3.87. The Morgan fingerprint density at radius 2 is 2.04 bits per heavy atom. The molecule has 3 heterocycles. The second kappa shape index (κ2) is 8.12. The van der Waals surface area contributed by atoms with Crippen molar-refractivity contribution in [3.8, 4) is 11.3 Å². The van der Waals surface area contributed by atoms with E-state index in [9.17, 15) is 5.11 Å². The van der Waals surface area contributed by atoms with Gasteiger partial charge in [0.25, 0.3) is 0 Å². The Bertz CT molecular complexity index is 733. The molecular weight excluding hydrogens is 328 g/mol. The molecule has 1 aromatic heterocycles. The summed E-state index contributed by atoms with van der Waals surface area (Å²) in [5.74, 6) is 0.774. The van der Waals surface area contributed by atoms with Crippen molar-refractivity contribution in [2.45, 2.75) is 25.4 Å². The molecule has 1 aromatic carbocycles. The molecule has 26 heavy (non-hydrogen) atoms. The standard InChI is InChI=1S/C20H26N4O2/c25-15-18-5-2-8-24(18)14-16-3-1-4-17(13-16)19-6-7-21-20(22-19)23-9-11-26-12-10-23/h1,3-4,6-7,13,18,25H,2,5,8-12,14-15H2/t18-/m0/s1. The van der Waals surface area contributed by atoms with E-state index in [-0.39, 0.29) is 6.61 Å². The van der Waals surface area contributed by atoms with E-state index in [1.54, 1.807) is 0 Å². The number of morpholine rings is 1. The number of hydrogen-bond acceptors (Lipinski definition) is 6. The van der Waals surface area contributed by atoms with Gasteiger partial charge in [-0.25, -0.2) is 9.97 Å². The fourth-order valence-electron chi connectivity index (χ4n) is 3.80. The number of aromatic nitrogens is 2. The Kier molecular flexibility index (Phi) is 5.43. The van der Waals surface area contributed by atoms with Crippen molar-refractivity contribution >= 4 is 5.95 Å². The molecule has 1 N–H and O–H groups in total. The van der Waals surface area contributed by atoms with Gasteiger partial charge in [-0.1, -0.05) is 18.2 Å². The molecule has 0 unspecified atom stereocenters. The number of benzene rings is 1. The first-order chi connectivity index (χ1) is 12.8. The maximum absolute atomic E-state index is 9.53. The van der Waals surface area contributed by atoms with E-state index >= 15 is 0 Å². The average molecular weight is 354 g/mol. The summed E-state index contributed by atoms with van der Waals surface area (Å²) in [4.78, 5) is 13.8. The molecule has 138 valence electrons. The Hall–Kier alpha value is -2.02. The van der Waals surface area contributed by atoms with Crippen LogP contribution in [0.2, 0.25) is 0 Å². The molecule has 2 saturated heterocycles. The summed E-state index contributed by atoms with van der Waals surface area (Å²) in [7, 11) is 0. The lowest BCUT2D eigenvalue weighted by molar-refractivity contribution is 0.122. The van der Waals surface area contributed by atoms with Gasteiger partial charge in [0, 0.05) is 37.4 Å². The molecule has 2 aromatic rings. The summed E-state index contributed by atoms with van der Waals surface area (Å²) in [6, 6.07) is 10.8. The minimum Gasteiger partial charge on any atom is -0.395 e.